The standard InChI is InChI=1S/C17H18N2OS/c1-3-15(12-4-7-14(20-2)8-5-12)19-13-6-9-16-17(10-13)21-11-18-16/h4-11,15,19H,3H2,1-2H3. The van der Waals surface area contributed by atoms with E-state index in [1.165, 1.54) is 10.3 Å². The second-order valence-electron chi connectivity index (χ2n) is 4.91. The molecule has 3 nitrogen and oxygen atoms in total. The topological polar surface area (TPSA) is 34.2 Å². The molecule has 1 aromatic heterocycles. The minimum absolute atomic E-state index is 0.293. The molecular weight excluding hydrogens is 280 g/mol. The summed E-state index contributed by atoms with van der Waals surface area (Å²) in [6.07, 6.45) is 1.02. The number of methoxy groups -OCH3 is 1. The van der Waals surface area contributed by atoms with Gasteiger partial charge in [-0.15, -0.1) is 11.3 Å². The fraction of sp³-hybridized carbons (Fsp3) is 0.235. The normalized spacial score (nSPS) is 12.3. The maximum absolute atomic E-state index is 5.21. The Bertz CT molecular complexity index is 721. The molecule has 108 valence electrons. The third-order valence-corrected chi connectivity index (χ3v) is 4.39. The summed E-state index contributed by atoms with van der Waals surface area (Å²) in [5.41, 5.74) is 5.34. The summed E-state index contributed by atoms with van der Waals surface area (Å²) < 4.78 is 6.43. The summed E-state index contributed by atoms with van der Waals surface area (Å²) in [4.78, 5) is 4.31. The molecule has 2 aromatic carbocycles. The summed E-state index contributed by atoms with van der Waals surface area (Å²) in [7, 11) is 1.69. The van der Waals surface area contributed by atoms with Crippen LogP contribution < -0.4 is 10.1 Å². The van der Waals surface area contributed by atoms with Gasteiger partial charge in [-0.1, -0.05) is 19.1 Å². The zero-order valence-electron chi connectivity index (χ0n) is 12.2. The number of nitrogens with zero attached hydrogens (tertiary/aromatic N) is 1. The highest BCUT2D eigenvalue weighted by molar-refractivity contribution is 7.16. The van der Waals surface area contributed by atoms with Crippen molar-refractivity contribution in [3.05, 3.63) is 53.5 Å². The Balaban J connectivity index is 1.82. The van der Waals surface area contributed by atoms with Crippen LogP contribution >= 0.6 is 11.3 Å². The highest BCUT2D eigenvalue weighted by Crippen LogP contribution is 2.27. The maximum Gasteiger partial charge on any atom is 0.118 e. The van der Waals surface area contributed by atoms with Gasteiger partial charge in [0.1, 0.15) is 5.75 Å². The van der Waals surface area contributed by atoms with Gasteiger partial charge >= 0.3 is 0 Å². The molecule has 0 bridgehead atoms. The Morgan fingerprint density at radius 1 is 1.19 bits per heavy atom. The summed E-state index contributed by atoms with van der Waals surface area (Å²) in [5, 5.41) is 3.60. The van der Waals surface area contributed by atoms with Gasteiger partial charge in [0.15, 0.2) is 0 Å². The molecule has 0 radical (unpaired) electrons. The Kier molecular flexibility index (Phi) is 4.06. The van der Waals surface area contributed by atoms with Crippen LogP contribution in [-0.2, 0) is 0 Å². The van der Waals surface area contributed by atoms with Gasteiger partial charge in [0, 0.05) is 5.69 Å². The lowest BCUT2D eigenvalue weighted by Gasteiger charge is -2.19. The molecule has 3 aromatic rings. The summed E-state index contributed by atoms with van der Waals surface area (Å²) in [6, 6.07) is 14.9. The zero-order valence-corrected chi connectivity index (χ0v) is 13.0. The van der Waals surface area contributed by atoms with Crippen LogP contribution in [0.2, 0.25) is 0 Å². The number of ether oxygens (including phenoxy) is 1. The third kappa shape index (κ3) is 3.00. The van der Waals surface area contributed by atoms with E-state index in [0.717, 1.165) is 23.4 Å². The molecular formula is C17H18N2OS. The molecule has 0 amide bonds. The number of rotatable bonds is 5. The highest BCUT2D eigenvalue weighted by atomic mass is 32.1. The number of hydrogen-bond acceptors (Lipinski definition) is 4. The molecule has 1 heterocycles. The zero-order chi connectivity index (χ0) is 14.7. The molecule has 0 saturated carbocycles. The van der Waals surface area contributed by atoms with Gasteiger partial charge in [-0.05, 0) is 42.3 Å². The number of fused-ring (bicyclic) bond motifs is 1. The second kappa shape index (κ2) is 6.14. The van der Waals surface area contributed by atoms with Crippen molar-refractivity contribution in [3.8, 4) is 5.75 Å². The first-order chi connectivity index (χ1) is 10.3. The molecule has 0 spiro atoms. The van der Waals surface area contributed by atoms with E-state index in [4.69, 9.17) is 4.74 Å². The van der Waals surface area contributed by atoms with E-state index in [1.54, 1.807) is 18.4 Å². The molecule has 3 rings (SSSR count). The number of thiazole rings is 1. The number of benzene rings is 2. The SMILES string of the molecule is CCC(Nc1ccc2ncsc2c1)c1ccc(OC)cc1. The van der Waals surface area contributed by atoms with Crippen molar-refractivity contribution in [3.63, 3.8) is 0 Å². The van der Waals surface area contributed by atoms with Crippen LogP contribution in [0.5, 0.6) is 5.75 Å². The van der Waals surface area contributed by atoms with Gasteiger partial charge in [-0.25, -0.2) is 4.98 Å². The third-order valence-electron chi connectivity index (χ3n) is 3.60. The number of aromatic nitrogens is 1. The minimum atomic E-state index is 0.293. The second-order valence-corrected chi connectivity index (χ2v) is 5.80. The average molecular weight is 298 g/mol. The lowest BCUT2D eigenvalue weighted by atomic mass is 10.0. The Labute approximate surface area is 128 Å². The van der Waals surface area contributed by atoms with E-state index in [1.807, 2.05) is 17.6 Å². The van der Waals surface area contributed by atoms with Crippen molar-refractivity contribution in [1.82, 2.24) is 4.98 Å². The minimum Gasteiger partial charge on any atom is -0.497 e. The van der Waals surface area contributed by atoms with Crippen LogP contribution in [0.1, 0.15) is 24.9 Å². The number of anilines is 1. The predicted octanol–water partition coefficient (Wildman–Crippen LogP) is 4.87. The molecule has 0 aliphatic rings. The van der Waals surface area contributed by atoms with E-state index in [0.29, 0.717) is 6.04 Å². The van der Waals surface area contributed by atoms with Crippen molar-refractivity contribution < 1.29 is 4.74 Å². The van der Waals surface area contributed by atoms with Gasteiger partial charge in [-0.2, -0.15) is 0 Å². The Morgan fingerprint density at radius 3 is 2.71 bits per heavy atom. The van der Waals surface area contributed by atoms with Crippen LogP contribution in [-0.4, -0.2) is 12.1 Å². The van der Waals surface area contributed by atoms with Crippen molar-refractivity contribution in [1.29, 1.82) is 0 Å². The molecule has 0 aliphatic heterocycles. The molecule has 1 unspecified atom stereocenters. The quantitative estimate of drug-likeness (QED) is 0.730. The van der Waals surface area contributed by atoms with E-state index < -0.39 is 0 Å². The number of nitrogens with one attached hydrogen (secondary N) is 1. The Morgan fingerprint density at radius 2 is 2.00 bits per heavy atom. The van der Waals surface area contributed by atoms with Crippen LogP contribution in [0.3, 0.4) is 0 Å². The lowest BCUT2D eigenvalue weighted by Crippen LogP contribution is -2.09. The van der Waals surface area contributed by atoms with E-state index in [-0.39, 0.29) is 0 Å². The van der Waals surface area contributed by atoms with E-state index in [2.05, 4.69) is 47.6 Å². The smallest absolute Gasteiger partial charge is 0.118 e. The Hall–Kier alpha value is -2.07. The monoisotopic (exact) mass is 298 g/mol. The molecule has 21 heavy (non-hydrogen) atoms. The highest BCUT2D eigenvalue weighted by Gasteiger charge is 2.10. The molecule has 1 atom stereocenters. The maximum atomic E-state index is 5.21. The van der Waals surface area contributed by atoms with Crippen molar-refractivity contribution >= 4 is 27.2 Å². The van der Waals surface area contributed by atoms with Crippen LogP contribution in [0, 0.1) is 0 Å². The summed E-state index contributed by atoms with van der Waals surface area (Å²) >= 11 is 1.67. The first-order valence-electron chi connectivity index (χ1n) is 7.04. The van der Waals surface area contributed by atoms with Crippen LogP contribution in [0.15, 0.2) is 48.0 Å². The van der Waals surface area contributed by atoms with Gasteiger partial charge in [0.05, 0.1) is 28.9 Å². The van der Waals surface area contributed by atoms with Crippen LogP contribution in [0.4, 0.5) is 5.69 Å². The summed E-state index contributed by atoms with van der Waals surface area (Å²) in [6.45, 7) is 2.19. The predicted molar refractivity (Wildman–Crippen MR) is 89.3 cm³/mol. The summed E-state index contributed by atoms with van der Waals surface area (Å²) in [5.74, 6) is 0.889. The average Bonchev–Trinajstić information content (AvgIpc) is 3.00. The molecule has 0 aliphatic carbocycles. The fourth-order valence-corrected chi connectivity index (χ4v) is 3.12. The first kappa shape index (κ1) is 13.9. The first-order valence-corrected chi connectivity index (χ1v) is 7.92. The van der Waals surface area contributed by atoms with Gasteiger partial charge in [0.25, 0.3) is 0 Å². The van der Waals surface area contributed by atoms with E-state index in [9.17, 15) is 0 Å². The molecule has 1 N–H and O–H groups in total. The number of hydrogen-bond donors (Lipinski definition) is 1. The fourth-order valence-electron chi connectivity index (χ4n) is 2.40. The molecule has 0 fully saturated rings. The molecule has 4 heteroatoms. The van der Waals surface area contributed by atoms with E-state index >= 15 is 0 Å². The lowest BCUT2D eigenvalue weighted by molar-refractivity contribution is 0.414. The van der Waals surface area contributed by atoms with Gasteiger partial charge < -0.3 is 10.1 Å². The molecule has 0 saturated heterocycles. The van der Waals surface area contributed by atoms with Crippen molar-refractivity contribution in [2.24, 2.45) is 0 Å². The van der Waals surface area contributed by atoms with Crippen molar-refractivity contribution in [2.75, 3.05) is 12.4 Å². The van der Waals surface area contributed by atoms with Gasteiger partial charge in [-0.3, -0.25) is 0 Å². The van der Waals surface area contributed by atoms with Crippen molar-refractivity contribution in [2.45, 2.75) is 19.4 Å². The van der Waals surface area contributed by atoms with Crippen LogP contribution in [0.25, 0.3) is 10.2 Å². The van der Waals surface area contributed by atoms with Gasteiger partial charge in [0.2, 0.25) is 0 Å². The largest absolute Gasteiger partial charge is 0.497 e.